The van der Waals surface area contributed by atoms with Crippen LogP contribution in [-0.4, -0.2) is 18.3 Å². The summed E-state index contributed by atoms with van der Waals surface area (Å²) in [7, 11) is 0. The van der Waals surface area contributed by atoms with E-state index in [9.17, 15) is 4.79 Å². The van der Waals surface area contributed by atoms with Gasteiger partial charge in [-0.1, -0.05) is 0 Å². The fraction of sp³-hybridized carbons (Fsp3) is 0. The summed E-state index contributed by atoms with van der Waals surface area (Å²) in [6, 6.07) is 0. The Balaban J connectivity index is 2.79. The predicted molar refractivity (Wildman–Crippen MR) is 78.2 cm³/mol. The highest BCUT2D eigenvalue weighted by atomic mass is 16.5. The molecule has 0 aliphatic carbocycles. The van der Waals surface area contributed by atoms with E-state index < -0.39 is 5.91 Å². The van der Waals surface area contributed by atoms with E-state index >= 15 is 0 Å². The molecule has 0 aromatic carbocycles. The summed E-state index contributed by atoms with van der Waals surface area (Å²) in [5.41, 5.74) is 5.31. The summed E-state index contributed by atoms with van der Waals surface area (Å²) >= 11 is 0. The maximum atomic E-state index is 11.1. The summed E-state index contributed by atoms with van der Waals surface area (Å²) in [6.07, 6.45) is 16.5. The average Bonchev–Trinajstić information content (AvgIpc) is 2.43. The average molecular weight is 273 g/mol. The lowest BCUT2D eigenvalue weighted by molar-refractivity contribution is -0.114. The molecule has 0 saturated carbocycles. The fourth-order valence-electron chi connectivity index (χ4n) is 0.948. The second-order valence-corrected chi connectivity index (χ2v) is 3.28. The molecule has 1 aliphatic rings. The lowest BCUT2D eigenvalue weighted by atomic mass is 10.3. The molecule has 1 rings (SSSR count). The molecule has 1 heterocycles. The second-order valence-electron chi connectivity index (χ2n) is 3.28. The maximum Gasteiger partial charge on any atom is 0.253 e. The van der Waals surface area contributed by atoms with Gasteiger partial charge in [0.05, 0.1) is 5.57 Å². The van der Waals surface area contributed by atoms with Gasteiger partial charge in [0.15, 0.2) is 0 Å². The molecule has 0 spiro atoms. The minimum Gasteiger partial charge on any atom is -0.470 e. The highest BCUT2D eigenvalue weighted by Gasteiger charge is 2.00. The molecule has 1 amide bonds. The number of primary amides is 1. The first-order valence-corrected chi connectivity index (χ1v) is 5.65. The number of hydrogen-bond donors (Lipinski definition) is 3. The Hall–Kier alpha value is -3.09. The van der Waals surface area contributed by atoms with Crippen molar-refractivity contribution in [2.24, 2.45) is 15.7 Å². The molecule has 0 aromatic heterocycles. The Morgan fingerprint density at radius 1 is 1.10 bits per heavy atom. The minimum absolute atomic E-state index is 0.137. The summed E-state index contributed by atoms with van der Waals surface area (Å²) in [5, 5.41) is 5.67. The predicted octanol–water partition coefficient (Wildman–Crippen LogP) is 0.634. The smallest absolute Gasteiger partial charge is 0.253 e. The van der Waals surface area contributed by atoms with Gasteiger partial charge in [0.25, 0.3) is 5.91 Å². The van der Waals surface area contributed by atoms with Crippen LogP contribution >= 0.6 is 0 Å². The van der Waals surface area contributed by atoms with Crippen LogP contribution in [0, 0.1) is 0 Å². The van der Waals surface area contributed by atoms with Gasteiger partial charge in [0.2, 0.25) is 0 Å². The number of aliphatic imine (C=N–C) groups is 2. The van der Waals surface area contributed by atoms with Gasteiger partial charge in [0, 0.05) is 49.6 Å². The number of allylic oxidation sites excluding steroid dienone is 1. The Morgan fingerprint density at radius 2 is 1.90 bits per heavy atom. The number of nitrogens with two attached hydrogens (primary N) is 1. The van der Waals surface area contributed by atoms with E-state index in [1.165, 1.54) is 31.1 Å². The van der Waals surface area contributed by atoms with Crippen LogP contribution in [0.25, 0.3) is 0 Å². The fourth-order valence-corrected chi connectivity index (χ4v) is 0.948. The van der Waals surface area contributed by atoms with Crippen LogP contribution < -0.4 is 16.4 Å². The zero-order chi connectivity index (χ0) is 14.5. The van der Waals surface area contributed by atoms with Crippen LogP contribution in [0.15, 0.2) is 71.4 Å². The normalized spacial score (nSPS) is 15.7. The molecule has 7 heteroatoms. The van der Waals surface area contributed by atoms with Gasteiger partial charge in [0.1, 0.15) is 12.5 Å². The number of nitrogens with zero attached hydrogens (tertiary/aromatic N) is 2. The molecule has 0 saturated heterocycles. The van der Waals surface area contributed by atoms with Gasteiger partial charge < -0.3 is 21.1 Å². The number of hydrogen-bond acceptors (Lipinski definition) is 6. The van der Waals surface area contributed by atoms with Crippen LogP contribution in [-0.2, 0) is 9.53 Å². The van der Waals surface area contributed by atoms with Crippen LogP contribution in [0.5, 0.6) is 0 Å². The zero-order valence-electron chi connectivity index (χ0n) is 10.6. The SMILES string of the molecule is NC(=O)C1=COC=CNC=CNC=CN=CC=CN=C1. The molecule has 1 aliphatic heterocycles. The molecule has 0 bridgehead atoms. The third-order valence-corrected chi connectivity index (χ3v) is 1.81. The molecule has 7 nitrogen and oxygen atoms in total. The lowest BCUT2D eigenvalue weighted by Crippen LogP contribution is -2.14. The van der Waals surface area contributed by atoms with Crippen molar-refractivity contribution in [3.8, 4) is 0 Å². The van der Waals surface area contributed by atoms with Crippen molar-refractivity contribution in [3.63, 3.8) is 0 Å². The van der Waals surface area contributed by atoms with Crippen LogP contribution in [0.1, 0.15) is 0 Å². The lowest BCUT2D eigenvalue weighted by Gasteiger charge is -1.95. The third kappa shape index (κ3) is 7.28. The number of rotatable bonds is 1. The van der Waals surface area contributed by atoms with E-state index in [4.69, 9.17) is 10.5 Å². The van der Waals surface area contributed by atoms with Gasteiger partial charge in [-0.25, -0.2) is 0 Å². The van der Waals surface area contributed by atoms with Gasteiger partial charge in [-0.15, -0.1) is 0 Å². The minimum atomic E-state index is -0.637. The molecule has 0 aromatic rings. The number of carbonyl (C=O) groups excluding carboxylic acids is 1. The molecular formula is C13H15N5O2. The molecule has 0 unspecified atom stereocenters. The van der Waals surface area contributed by atoms with Gasteiger partial charge >= 0.3 is 0 Å². The quantitative estimate of drug-likeness (QED) is 0.652. The Morgan fingerprint density at radius 3 is 2.70 bits per heavy atom. The topological polar surface area (TPSA) is 101 Å². The first kappa shape index (κ1) is 15.0. The van der Waals surface area contributed by atoms with Crippen LogP contribution in [0.2, 0.25) is 0 Å². The molecule has 0 radical (unpaired) electrons. The summed E-state index contributed by atoms with van der Waals surface area (Å²) < 4.78 is 5.02. The Bertz CT molecular complexity index is 513. The highest BCUT2D eigenvalue weighted by Crippen LogP contribution is 1.92. The van der Waals surface area contributed by atoms with Crippen molar-refractivity contribution in [1.82, 2.24) is 10.6 Å². The number of carbonyl (C=O) groups is 1. The van der Waals surface area contributed by atoms with Crippen molar-refractivity contribution in [2.45, 2.75) is 0 Å². The van der Waals surface area contributed by atoms with Gasteiger partial charge in [-0.3, -0.25) is 14.8 Å². The molecule has 20 heavy (non-hydrogen) atoms. The molecule has 4 N–H and O–H groups in total. The van der Waals surface area contributed by atoms with Gasteiger partial charge in [-0.05, 0) is 6.08 Å². The first-order chi connectivity index (χ1) is 9.80. The Kier molecular flexibility index (Phi) is 7.40. The molecule has 0 fully saturated rings. The largest absolute Gasteiger partial charge is 0.470 e. The van der Waals surface area contributed by atoms with E-state index in [0.717, 1.165) is 0 Å². The summed E-state index contributed by atoms with van der Waals surface area (Å²) in [5.74, 6) is -0.637. The van der Waals surface area contributed by atoms with Crippen molar-refractivity contribution >= 4 is 18.3 Å². The first-order valence-electron chi connectivity index (χ1n) is 5.65. The van der Waals surface area contributed by atoms with E-state index in [1.54, 1.807) is 37.1 Å². The maximum absolute atomic E-state index is 11.1. The molecule has 0 atom stereocenters. The van der Waals surface area contributed by atoms with Crippen molar-refractivity contribution in [2.75, 3.05) is 0 Å². The number of amides is 1. The van der Waals surface area contributed by atoms with Gasteiger partial charge in [-0.2, -0.15) is 0 Å². The van der Waals surface area contributed by atoms with E-state index in [0.29, 0.717) is 0 Å². The third-order valence-electron chi connectivity index (χ3n) is 1.81. The Labute approximate surface area is 116 Å². The zero-order valence-corrected chi connectivity index (χ0v) is 10.6. The van der Waals surface area contributed by atoms with E-state index in [1.807, 2.05) is 0 Å². The van der Waals surface area contributed by atoms with Crippen molar-refractivity contribution < 1.29 is 9.53 Å². The molecular weight excluding hydrogens is 258 g/mol. The number of ether oxygens (including phenoxy) is 1. The summed E-state index contributed by atoms with van der Waals surface area (Å²) in [6.45, 7) is 0. The van der Waals surface area contributed by atoms with Crippen molar-refractivity contribution in [3.05, 3.63) is 61.4 Å². The van der Waals surface area contributed by atoms with Crippen LogP contribution in [0.4, 0.5) is 0 Å². The number of nitrogens with one attached hydrogen (secondary N) is 2. The van der Waals surface area contributed by atoms with E-state index in [2.05, 4.69) is 20.6 Å². The monoisotopic (exact) mass is 273 g/mol. The van der Waals surface area contributed by atoms with Crippen LogP contribution in [0.3, 0.4) is 0 Å². The standard InChI is InChI=1S/C13H15N5O2/c14-13(19)12-10-18-3-1-2-15-4-5-16-6-7-17-8-9-20-11-12/h1-11,16-17H,(H2,14,19). The highest BCUT2D eigenvalue weighted by molar-refractivity contribution is 6.11. The van der Waals surface area contributed by atoms with Crippen molar-refractivity contribution in [1.29, 1.82) is 0 Å². The summed E-state index contributed by atoms with van der Waals surface area (Å²) in [4.78, 5) is 18.9. The van der Waals surface area contributed by atoms with E-state index in [-0.39, 0.29) is 5.57 Å². The second kappa shape index (κ2) is 9.89. The molecule has 104 valence electrons.